The van der Waals surface area contributed by atoms with Crippen LogP contribution in [0.25, 0.3) is 0 Å². The minimum absolute atomic E-state index is 0.0955. The summed E-state index contributed by atoms with van der Waals surface area (Å²) in [5.74, 6) is -8.90. The van der Waals surface area contributed by atoms with Crippen molar-refractivity contribution >= 4 is 17.5 Å². The normalized spacial score (nSPS) is 29.7. The first-order valence-electron chi connectivity index (χ1n) is 12.8. The zero-order valence-electron chi connectivity index (χ0n) is 22.8. The number of carbonyl (C=O) groups is 3. The van der Waals surface area contributed by atoms with E-state index in [-0.39, 0.29) is 31.1 Å². The van der Waals surface area contributed by atoms with Crippen molar-refractivity contribution in [2.24, 2.45) is 11.8 Å². The Morgan fingerprint density at radius 3 is 2.39 bits per heavy atom. The van der Waals surface area contributed by atoms with Crippen molar-refractivity contribution in [3.63, 3.8) is 0 Å². The molecule has 15 nitrogen and oxygen atoms in total. The number of aliphatic hydroxyl groups excluding tert-OH is 3. The number of phenols is 1. The molecule has 4 rings (SSSR count). The number of hydrogen-bond donors (Lipinski definition) is 8. The van der Waals surface area contributed by atoms with Gasteiger partial charge in [0.2, 0.25) is 5.78 Å². The Bertz CT molecular complexity index is 1330. The maximum atomic E-state index is 13.8. The number of ketones is 2. The lowest BCUT2D eigenvalue weighted by atomic mass is 9.55. The lowest BCUT2D eigenvalue weighted by Gasteiger charge is -2.53. The van der Waals surface area contributed by atoms with E-state index in [1.807, 2.05) is 0 Å². The molecule has 1 amide bonds. The van der Waals surface area contributed by atoms with Crippen LogP contribution in [0.2, 0.25) is 0 Å². The number of rotatable bonds is 8. The Balaban J connectivity index is 1.77. The molecule has 0 unspecified atom stereocenters. The third-order valence-corrected chi connectivity index (χ3v) is 8.17. The first-order chi connectivity index (χ1) is 19.2. The minimum Gasteiger partial charge on any atom is -0.510 e. The van der Waals surface area contributed by atoms with E-state index in [9.17, 15) is 39.9 Å². The molecule has 3 aliphatic rings. The van der Waals surface area contributed by atoms with Crippen molar-refractivity contribution in [3.05, 3.63) is 52.0 Å². The summed E-state index contributed by atoms with van der Waals surface area (Å²) in [5, 5.41) is 75.8. The summed E-state index contributed by atoms with van der Waals surface area (Å²) in [6.45, 7) is 1.38. The van der Waals surface area contributed by atoms with Gasteiger partial charge in [-0.1, -0.05) is 19.1 Å². The third kappa shape index (κ3) is 4.79. The largest absolute Gasteiger partial charge is 0.510 e. The average Bonchev–Trinajstić information content (AvgIpc) is 2.89. The highest BCUT2D eigenvalue weighted by molar-refractivity contribution is 6.25. The molecule has 1 aromatic rings. The third-order valence-electron chi connectivity index (χ3n) is 8.17. The minimum atomic E-state index is -2.97. The second kappa shape index (κ2) is 11.1. The van der Waals surface area contributed by atoms with E-state index in [1.54, 1.807) is 13.0 Å². The molecule has 0 bridgehead atoms. The highest BCUT2D eigenvalue weighted by Crippen LogP contribution is 2.55. The number of likely N-dealkylation sites (N-methyl/N-ethyl adjacent to an activating group) is 2. The molecular formula is C26H34N4O11. The van der Waals surface area contributed by atoms with Gasteiger partial charge < -0.3 is 30.8 Å². The predicted molar refractivity (Wildman–Crippen MR) is 138 cm³/mol. The van der Waals surface area contributed by atoms with Gasteiger partial charge in [-0.15, -0.1) is 0 Å². The molecule has 41 heavy (non-hydrogen) atoms. The van der Waals surface area contributed by atoms with E-state index < -0.39 is 81.0 Å². The molecule has 0 radical (unpaired) electrons. The summed E-state index contributed by atoms with van der Waals surface area (Å²) in [5.41, 5.74) is -4.02. The highest BCUT2D eigenvalue weighted by Gasteiger charge is 2.67. The van der Waals surface area contributed by atoms with Gasteiger partial charge in [0.05, 0.1) is 42.3 Å². The molecule has 0 heterocycles. The van der Waals surface area contributed by atoms with E-state index in [2.05, 4.69) is 10.2 Å². The first kappa shape index (κ1) is 30.5. The fourth-order valence-corrected chi connectivity index (χ4v) is 6.22. The fraction of sp³-hybridized carbons (Fsp3) is 0.500. The zero-order valence-corrected chi connectivity index (χ0v) is 22.8. The summed E-state index contributed by atoms with van der Waals surface area (Å²) in [4.78, 5) is 47.9. The maximum Gasteiger partial charge on any atom is 0.259 e. The lowest BCUT2D eigenvalue weighted by molar-refractivity contribution is -0.492. The number of Topliss-reactive ketones (excluding diaryl/α,β-unsaturated/α-hetero) is 2. The number of carbonyl (C=O) groups excluding carboxylic acids is 3. The molecule has 3 aliphatic carbocycles. The van der Waals surface area contributed by atoms with Gasteiger partial charge in [-0.05, 0) is 38.7 Å². The Labute approximate surface area is 234 Å². The van der Waals surface area contributed by atoms with Crippen LogP contribution in [0.3, 0.4) is 0 Å². The molecule has 0 saturated heterocycles. The predicted octanol–water partition coefficient (Wildman–Crippen LogP) is -0.815. The van der Waals surface area contributed by atoms with Gasteiger partial charge in [0.25, 0.3) is 5.91 Å². The number of hydrogen-bond acceptors (Lipinski definition) is 14. The van der Waals surface area contributed by atoms with Gasteiger partial charge in [0, 0.05) is 18.0 Å². The summed E-state index contributed by atoms with van der Waals surface area (Å²) in [6.07, 6.45) is -1.65. The van der Waals surface area contributed by atoms with Crippen LogP contribution in [0, 0.1) is 11.8 Å². The number of phenolic OH excluding ortho intramolecular Hbond substituents is 1. The van der Waals surface area contributed by atoms with E-state index in [4.69, 9.17) is 10.4 Å². The van der Waals surface area contributed by atoms with Crippen LogP contribution in [0.5, 0.6) is 5.75 Å². The molecule has 0 aliphatic heterocycles. The fourth-order valence-electron chi connectivity index (χ4n) is 6.22. The van der Waals surface area contributed by atoms with E-state index in [0.717, 1.165) is 0 Å². The molecule has 0 spiro atoms. The maximum absolute atomic E-state index is 13.8. The van der Waals surface area contributed by atoms with Crippen LogP contribution in [-0.2, 0) is 14.4 Å². The van der Waals surface area contributed by atoms with E-state index in [1.165, 1.54) is 43.1 Å². The van der Waals surface area contributed by atoms with Gasteiger partial charge in [-0.3, -0.25) is 34.6 Å². The standard InChI is InChI=1S/C26H34N4O11/c1-11-12-6-5-7-13(31)15(12)20(32)16-14(11)21(33)18-19(28(2)3)22(34)17(24(36)26(18,38)23(16)35)25(37)27-10-29(4)8-9-41-30(39)40/h5-7,11,14,18-19,21,31,33-35,38-40H,8-10H2,1-4H3,(H,27,37)/t11-,14+,18+,19-,21-,26-/m0/s1. The van der Waals surface area contributed by atoms with E-state index >= 15 is 0 Å². The number of fused-ring (bicyclic) bond motifs is 3. The van der Waals surface area contributed by atoms with Gasteiger partial charge >= 0.3 is 0 Å². The molecule has 0 fully saturated rings. The summed E-state index contributed by atoms with van der Waals surface area (Å²) in [7, 11) is 4.50. The number of nitrogens with zero attached hydrogens (tertiary/aromatic N) is 3. The highest BCUT2D eigenvalue weighted by atomic mass is 17.1. The molecule has 224 valence electrons. The smallest absolute Gasteiger partial charge is 0.259 e. The summed E-state index contributed by atoms with van der Waals surface area (Å²) < 4.78 is 0. The van der Waals surface area contributed by atoms with Crippen LogP contribution in [-0.4, -0.2) is 127 Å². The quantitative estimate of drug-likeness (QED) is 0.107. The molecule has 8 N–H and O–H groups in total. The average molecular weight is 579 g/mol. The first-order valence-corrected chi connectivity index (χ1v) is 12.8. The van der Waals surface area contributed by atoms with Crippen molar-refractivity contribution in [1.82, 2.24) is 20.5 Å². The monoisotopic (exact) mass is 578 g/mol. The van der Waals surface area contributed by atoms with Crippen LogP contribution < -0.4 is 5.32 Å². The van der Waals surface area contributed by atoms with Crippen molar-refractivity contribution in [3.8, 4) is 5.75 Å². The van der Waals surface area contributed by atoms with Crippen LogP contribution in [0.15, 0.2) is 40.9 Å². The Kier molecular flexibility index (Phi) is 8.28. The SMILES string of the molecule is C[C@H]1c2cccc(O)c2C(=O)C2=C(O)[C@]3(O)C(=O)C(C(=O)NCN(C)CCON(O)O)=C(O)[C@@H](N(C)C)[C@@H]3[C@@H](O)[C@@H]21. The van der Waals surface area contributed by atoms with Crippen molar-refractivity contribution < 1.29 is 55.2 Å². The lowest BCUT2D eigenvalue weighted by Crippen LogP contribution is -2.68. The second-order valence-corrected chi connectivity index (χ2v) is 10.8. The Morgan fingerprint density at radius 2 is 1.78 bits per heavy atom. The number of aromatic hydroxyl groups is 1. The van der Waals surface area contributed by atoms with Gasteiger partial charge in [0.15, 0.2) is 11.4 Å². The zero-order chi connectivity index (χ0) is 30.5. The van der Waals surface area contributed by atoms with Crippen molar-refractivity contribution in [2.45, 2.75) is 30.6 Å². The van der Waals surface area contributed by atoms with Gasteiger partial charge in [-0.2, -0.15) is 0 Å². The summed E-state index contributed by atoms with van der Waals surface area (Å²) in [6, 6.07) is 3.07. The van der Waals surface area contributed by atoms with Gasteiger partial charge in [-0.25, -0.2) is 4.84 Å². The number of benzene rings is 1. The molecule has 0 saturated carbocycles. The van der Waals surface area contributed by atoms with Crippen LogP contribution in [0.4, 0.5) is 0 Å². The Morgan fingerprint density at radius 1 is 1.12 bits per heavy atom. The molecule has 15 heteroatoms. The van der Waals surface area contributed by atoms with Crippen molar-refractivity contribution in [2.75, 3.05) is 41.0 Å². The molecule has 0 aromatic heterocycles. The topological polar surface area (TPSA) is 224 Å². The Hall–Kier alpha value is -3.41. The number of nitrogens with one attached hydrogen (secondary N) is 1. The van der Waals surface area contributed by atoms with E-state index in [0.29, 0.717) is 5.56 Å². The van der Waals surface area contributed by atoms with Crippen LogP contribution in [0.1, 0.15) is 28.8 Å². The molecule has 1 aromatic carbocycles. The molecular weight excluding hydrogens is 544 g/mol. The van der Waals surface area contributed by atoms with Gasteiger partial charge in [0.1, 0.15) is 22.8 Å². The molecule has 6 atom stereocenters. The summed E-state index contributed by atoms with van der Waals surface area (Å²) >= 11 is 0. The van der Waals surface area contributed by atoms with Crippen molar-refractivity contribution in [1.29, 1.82) is 0 Å². The second-order valence-electron chi connectivity index (χ2n) is 10.8. The number of aliphatic hydroxyl groups is 4. The number of amides is 1. The van der Waals surface area contributed by atoms with Crippen LogP contribution >= 0.6 is 0 Å².